The van der Waals surface area contributed by atoms with E-state index in [1.807, 2.05) is 31.3 Å². The van der Waals surface area contributed by atoms with Gasteiger partial charge < -0.3 is 11.1 Å². The fourth-order valence-corrected chi connectivity index (χ4v) is 0.942. The zero-order valence-electron chi connectivity index (χ0n) is 6.50. The van der Waals surface area contributed by atoms with Crippen molar-refractivity contribution < 1.29 is 0 Å². The van der Waals surface area contributed by atoms with Crippen molar-refractivity contribution in [3.63, 3.8) is 0 Å². The normalized spacial score (nSPS) is 8.55. The molecule has 0 atom stereocenters. The van der Waals surface area contributed by atoms with E-state index in [0.717, 1.165) is 11.3 Å². The van der Waals surface area contributed by atoms with Crippen LogP contribution in [0.3, 0.4) is 0 Å². The van der Waals surface area contributed by atoms with Crippen molar-refractivity contribution in [1.82, 2.24) is 0 Å². The van der Waals surface area contributed by atoms with E-state index < -0.39 is 0 Å². The lowest BCUT2D eigenvalue weighted by Crippen LogP contribution is -2.00. The van der Waals surface area contributed by atoms with Crippen molar-refractivity contribution >= 4 is 18.1 Å². The largest absolute Gasteiger partial charge is 0.388 e. The van der Waals surface area contributed by atoms with Crippen LogP contribution in [0.25, 0.3) is 0 Å². The predicted octanol–water partition coefficient (Wildman–Crippen LogP) is 1.61. The fraction of sp³-hybridized carbons (Fsp3) is 0.250. The first-order valence-electron chi connectivity index (χ1n) is 3.34. The van der Waals surface area contributed by atoms with Crippen LogP contribution in [-0.2, 0) is 6.54 Å². The number of benzene rings is 1. The van der Waals surface area contributed by atoms with Gasteiger partial charge in [0.05, 0.1) is 0 Å². The van der Waals surface area contributed by atoms with Crippen molar-refractivity contribution in [2.24, 2.45) is 5.73 Å². The summed E-state index contributed by atoms with van der Waals surface area (Å²) in [7, 11) is 1.90. The number of rotatable bonds is 2. The maximum Gasteiger partial charge on any atom is 0.0383 e. The van der Waals surface area contributed by atoms with Gasteiger partial charge in [0.2, 0.25) is 0 Å². The third-order valence-corrected chi connectivity index (χ3v) is 1.51. The number of halogens is 1. The Balaban J connectivity index is 0.000001000. The number of hydrogen-bond donors (Lipinski definition) is 2. The molecule has 0 radical (unpaired) electrons. The number of anilines is 1. The lowest BCUT2D eigenvalue weighted by atomic mass is 10.2. The van der Waals surface area contributed by atoms with Gasteiger partial charge in [-0.05, 0) is 11.6 Å². The average Bonchev–Trinajstić information content (AvgIpc) is 2.04. The lowest BCUT2D eigenvalue weighted by Gasteiger charge is -2.04. The molecule has 0 aromatic heterocycles. The first-order valence-corrected chi connectivity index (χ1v) is 3.34. The smallest absolute Gasteiger partial charge is 0.0383 e. The Bertz CT molecular complexity index is 190. The van der Waals surface area contributed by atoms with E-state index in [2.05, 4.69) is 5.32 Å². The standard InChI is InChI=1S/C8H12N2.ClH/c1-10-8-5-3-2-4-7(8)6-9;/h2-5,10H,6,9H2,1H3;1H. The predicted molar refractivity (Wildman–Crippen MR) is 51.1 cm³/mol. The summed E-state index contributed by atoms with van der Waals surface area (Å²) in [6.45, 7) is 0.594. The Morgan fingerprint density at radius 2 is 2.00 bits per heavy atom. The fourth-order valence-electron chi connectivity index (χ4n) is 0.942. The number of nitrogens with two attached hydrogens (primary N) is 1. The minimum absolute atomic E-state index is 0. The van der Waals surface area contributed by atoms with Crippen molar-refractivity contribution in [2.75, 3.05) is 12.4 Å². The van der Waals surface area contributed by atoms with Crippen LogP contribution in [-0.4, -0.2) is 7.05 Å². The molecule has 0 aliphatic carbocycles. The molecule has 0 aliphatic rings. The second kappa shape index (κ2) is 4.99. The van der Waals surface area contributed by atoms with Crippen molar-refractivity contribution in [3.8, 4) is 0 Å². The van der Waals surface area contributed by atoms with E-state index in [0.29, 0.717) is 6.54 Å². The van der Waals surface area contributed by atoms with Gasteiger partial charge in [0.25, 0.3) is 0 Å². The van der Waals surface area contributed by atoms with Crippen LogP contribution in [0.5, 0.6) is 0 Å². The van der Waals surface area contributed by atoms with E-state index in [4.69, 9.17) is 5.73 Å². The molecule has 0 saturated carbocycles. The van der Waals surface area contributed by atoms with Gasteiger partial charge in [0, 0.05) is 19.3 Å². The van der Waals surface area contributed by atoms with Gasteiger partial charge in [0.15, 0.2) is 0 Å². The number of hydrogen-bond acceptors (Lipinski definition) is 2. The third-order valence-electron chi connectivity index (χ3n) is 1.51. The van der Waals surface area contributed by atoms with Crippen molar-refractivity contribution in [3.05, 3.63) is 29.8 Å². The molecule has 0 heterocycles. The highest BCUT2D eigenvalue weighted by Gasteiger charge is 1.93. The minimum atomic E-state index is 0. The van der Waals surface area contributed by atoms with Crippen LogP contribution in [0, 0.1) is 0 Å². The van der Waals surface area contributed by atoms with Gasteiger partial charge in [-0.1, -0.05) is 18.2 Å². The Hall–Kier alpha value is -0.730. The number of para-hydroxylation sites is 1. The maximum absolute atomic E-state index is 5.49. The molecular weight excluding hydrogens is 160 g/mol. The van der Waals surface area contributed by atoms with Gasteiger partial charge in [-0.2, -0.15) is 0 Å². The van der Waals surface area contributed by atoms with Crippen LogP contribution in [0.15, 0.2) is 24.3 Å². The summed E-state index contributed by atoms with van der Waals surface area (Å²) in [5.41, 5.74) is 7.76. The molecule has 0 saturated heterocycles. The molecule has 1 aromatic rings. The summed E-state index contributed by atoms with van der Waals surface area (Å²) >= 11 is 0. The molecule has 0 fully saturated rings. The SMILES string of the molecule is CNc1ccccc1CN.Cl. The zero-order chi connectivity index (χ0) is 7.40. The lowest BCUT2D eigenvalue weighted by molar-refractivity contribution is 1.07. The molecular formula is C8H13ClN2. The molecule has 1 aromatic carbocycles. The van der Waals surface area contributed by atoms with Gasteiger partial charge in [-0.3, -0.25) is 0 Å². The highest BCUT2D eigenvalue weighted by atomic mass is 35.5. The molecule has 2 nitrogen and oxygen atoms in total. The average molecular weight is 173 g/mol. The second-order valence-corrected chi connectivity index (χ2v) is 2.11. The summed E-state index contributed by atoms with van der Waals surface area (Å²) in [4.78, 5) is 0. The first kappa shape index (κ1) is 10.3. The summed E-state index contributed by atoms with van der Waals surface area (Å²) in [6, 6.07) is 8.02. The van der Waals surface area contributed by atoms with Crippen LogP contribution >= 0.6 is 12.4 Å². The molecule has 0 unspecified atom stereocenters. The second-order valence-electron chi connectivity index (χ2n) is 2.11. The quantitative estimate of drug-likeness (QED) is 0.712. The summed E-state index contributed by atoms with van der Waals surface area (Å²) < 4.78 is 0. The van der Waals surface area contributed by atoms with E-state index >= 15 is 0 Å². The summed E-state index contributed by atoms with van der Waals surface area (Å²) in [5.74, 6) is 0. The maximum atomic E-state index is 5.49. The molecule has 11 heavy (non-hydrogen) atoms. The molecule has 0 aliphatic heterocycles. The van der Waals surface area contributed by atoms with Crippen LogP contribution in [0.4, 0.5) is 5.69 Å². The van der Waals surface area contributed by atoms with Crippen molar-refractivity contribution in [1.29, 1.82) is 0 Å². The minimum Gasteiger partial charge on any atom is -0.388 e. The first-order chi connectivity index (χ1) is 4.88. The van der Waals surface area contributed by atoms with Crippen LogP contribution < -0.4 is 11.1 Å². The van der Waals surface area contributed by atoms with E-state index in [1.165, 1.54) is 0 Å². The van der Waals surface area contributed by atoms with Gasteiger partial charge >= 0.3 is 0 Å². The summed E-state index contributed by atoms with van der Waals surface area (Å²) in [6.07, 6.45) is 0. The molecule has 0 bridgehead atoms. The molecule has 3 N–H and O–H groups in total. The topological polar surface area (TPSA) is 38.0 Å². The highest BCUT2D eigenvalue weighted by molar-refractivity contribution is 5.85. The zero-order valence-corrected chi connectivity index (χ0v) is 7.32. The highest BCUT2D eigenvalue weighted by Crippen LogP contribution is 2.12. The van der Waals surface area contributed by atoms with Gasteiger partial charge in [-0.15, -0.1) is 12.4 Å². The number of nitrogens with one attached hydrogen (secondary N) is 1. The molecule has 1 rings (SSSR count). The van der Waals surface area contributed by atoms with Gasteiger partial charge in [0.1, 0.15) is 0 Å². The Kier molecular flexibility index (Phi) is 4.66. The Morgan fingerprint density at radius 1 is 1.36 bits per heavy atom. The molecule has 0 spiro atoms. The molecule has 62 valence electrons. The van der Waals surface area contributed by atoms with E-state index in [9.17, 15) is 0 Å². The Morgan fingerprint density at radius 3 is 2.45 bits per heavy atom. The van der Waals surface area contributed by atoms with Crippen LogP contribution in [0.1, 0.15) is 5.56 Å². The molecule has 3 heteroatoms. The monoisotopic (exact) mass is 172 g/mol. The van der Waals surface area contributed by atoms with Crippen molar-refractivity contribution in [2.45, 2.75) is 6.54 Å². The summed E-state index contributed by atoms with van der Waals surface area (Å²) in [5, 5.41) is 3.07. The third kappa shape index (κ3) is 2.41. The van der Waals surface area contributed by atoms with Crippen LogP contribution in [0.2, 0.25) is 0 Å². The van der Waals surface area contributed by atoms with E-state index in [1.54, 1.807) is 0 Å². The molecule has 0 amide bonds. The van der Waals surface area contributed by atoms with Gasteiger partial charge in [-0.25, -0.2) is 0 Å². The Labute approximate surface area is 73.2 Å². The van der Waals surface area contributed by atoms with E-state index in [-0.39, 0.29) is 12.4 Å².